The van der Waals surface area contributed by atoms with E-state index < -0.39 is 0 Å². The topological polar surface area (TPSA) is 64.3 Å². The van der Waals surface area contributed by atoms with Gasteiger partial charge in [0.1, 0.15) is 10.7 Å². The van der Waals surface area contributed by atoms with Gasteiger partial charge < -0.3 is 15.8 Å². The molecule has 0 heterocycles. The molecule has 0 aromatic heterocycles. The molecule has 1 amide bonds. The van der Waals surface area contributed by atoms with Crippen LogP contribution in [0, 0.1) is 0 Å². The lowest BCUT2D eigenvalue weighted by atomic mass is 10.2. The van der Waals surface area contributed by atoms with Gasteiger partial charge in [-0.3, -0.25) is 4.79 Å². The molecule has 0 bridgehead atoms. The smallest absolute Gasteiger partial charge is 0.219 e. The number of nitrogens with one attached hydrogen (secondary N) is 1. The van der Waals surface area contributed by atoms with Crippen LogP contribution >= 0.6 is 12.2 Å². The zero-order chi connectivity index (χ0) is 12.7. The lowest BCUT2D eigenvalue weighted by molar-refractivity contribution is -0.120. The van der Waals surface area contributed by atoms with E-state index in [-0.39, 0.29) is 5.91 Å². The number of hydrogen-bond acceptors (Lipinski definition) is 3. The highest BCUT2D eigenvalue weighted by molar-refractivity contribution is 7.80. The first-order valence-corrected chi connectivity index (χ1v) is 5.78. The summed E-state index contributed by atoms with van der Waals surface area (Å²) >= 11 is 4.92. The number of ether oxygens (including phenoxy) is 1. The quantitative estimate of drug-likeness (QED) is 0.590. The molecular weight excluding hydrogens is 236 g/mol. The van der Waals surface area contributed by atoms with E-state index in [4.69, 9.17) is 22.7 Å². The Labute approximate surface area is 106 Å². The van der Waals surface area contributed by atoms with E-state index in [1.54, 1.807) is 7.05 Å². The number of para-hydroxylation sites is 1. The Morgan fingerprint density at radius 1 is 1.47 bits per heavy atom. The molecule has 5 heteroatoms. The molecule has 3 N–H and O–H groups in total. The zero-order valence-electron chi connectivity index (χ0n) is 9.73. The van der Waals surface area contributed by atoms with Gasteiger partial charge in [0, 0.05) is 13.5 Å². The summed E-state index contributed by atoms with van der Waals surface area (Å²) in [7, 11) is 1.62. The van der Waals surface area contributed by atoms with Crippen molar-refractivity contribution < 1.29 is 9.53 Å². The summed E-state index contributed by atoms with van der Waals surface area (Å²) in [6, 6.07) is 7.34. The summed E-state index contributed by atoms with van der Waals surface area (Å²) in [4.78, 5) is 11.3. The van der Waals surface area contributed by atoms with Crippen molar-refractivity contribution in [2.75, 3.05) is 13.7 Å². The first kappa shape index (κ1) is 13.4. The van der Waals surface area contributed by atoms with E-state index in [0.29, 0.717) is 30.2 Å². The number of amides is 1. The number of carbonyl (C=O) groups is 1. The number of hydrogen-bond donors (Lipinski definition) is 2. The maximum atomic E-state index is 11.0. The van der Waals surface area contributed by atoms with Gasteiger partial charge in [0.05, 0.1) is 12.2 Å². The predicted molar refractivity (Wildman–Crippen MR) is 71.1 cm³/mol. The molecule has 0 saturated carbocycles. The number of benzene rings is 1. The van der Waals surface area contributed by atoms with Crippen LogP contribution in [-0.2, 0) is 4.79 Å². The van der Waals surface area contributed by atoms with Crippen LogP contribution in [0.15, 0.2) is 24.3 Å². The van der Waals surface area contributed by atoms with E-state index in [0.717, 1.165) is 5.56 Å². The first-order valence-electron chi connectivity index (χ1n) is 5.37. The van der Waals surface area contributed by atoms with Gasteiger partial charge in [0.25, 0.3) is 0 Å². The van der Waals surface area contributed by atoms with Crippen molar-refractivity contribution in [3.05, 3.63) is 29.8 Å². The first-order chi connectivity index (χ1) is 8.15. The van der Waals surface area contributed by atoms with Gasteiger partial charge in [0.2, 0.25) is 5.91 Å². The zero-order valence-corrected chi connectivity index (χ0v) is 10.5. The summed E-state index contributed by atoms with van der Waals surface area (Å²) in [6.07, 6.45) is 1.11. The van der Waals surface area contributed by atoms with Crippen molar-refractivity contribution in [3.8, 4) is 5.75 Å². The van der Waals surface area contributed by atoms with Crippen molar-refractivity contribution in [1.82, 2.24) is 5.32 Å². The normalized spacial score (nSPS) is 9.71. The minimum Gasteiger partial charge on any atom is -0.493 e. The molecule has 0 aliphatic heterocycles. The van der Waals surface area contributed by atoms with Gasteiger partial charge in [-0.05, 0) is 18.6 Å². The summed E-state index contributed by atoms with van der Waals surface area (Å²) in [5.41, 5.74) is 6.30. The highest BCUT2D eigenvalue weighted by Crippen LogP contribution is 2.17. The average molecular weight is 252 g/mol. The fourth-order valence-electron chi connectivity index (χ4n) is 1.34. The summed E-state index contributed by atoms with van der Waals surface area (Å²) in [5.74, 6) is 0.674. The highest BCUT2D eigenvalue weighted by atomic mass is 32.1. The minimum atomic E-state index is 0.0104. The molecule has 4 nitrogen and oxygen atoms in total. The molecule has 0 radical (unpaired) electrons. The van der Waals surface area contributed by atoms with Crippen LogP contribution in [0.5, 0.6) is 5.75 Å². The Bertz CT molecular complexity index is 407. The molecule has 17 heavy (non-hydrogen) atoms. The van der Waals surface area contributed by atoms with Gasteiger partial charge in [-0.2, -0.15) is 0 Å². The van der Waals surface area contributed by atoms with Crippen molar-refractivity contribution in [1.29, 1.82) is 0 Å². The lowest BCUT2D eigenvalue weighted by Crippen LogP contribution is -2.18. The average Bonchev–Trinajstić information content (AvgIpc) is 2.34. The van der Waals surface area contributed by atoms with Crippen molar-refractivity contribution in [2.45, 2.75) is 12.8 Å². The maximum absolute atomic E-state index is 11.0. The maximum Gasteiger partial charge on any atom is 0.219 e. The molecule has 0 aliphatic carbocycles. The monoisotopic (exact) mass is 252 g/mol. The van der Waals surface area contributed by atoms with Crippen LogP contribution in [0.1, 0.15) is 18.4 Å². The molecule has 0 unspecified atom stereocenters. The fraction of sp³-hybridized carbons (Fsp3) is 0.333. The van der Waals surface area contributed by atoms with E-state index in [2.05, 4.69) is 5.32 Å². The number of carbonyl (C=O) groups excluding carboxylic acids is 1. The second kappa shape index (κ2) is 6.85. The van der Waals surface area contributed by atoms with Crippen molar-refractivity contribution in [2.24, 2.45) is 5.73 Å². The molecule has 1 aromatic rings. The predicted octanol–water partition coefficient (Wildman–Crippen LogP) is 1.23. The van der Waals surface area contributed by atoms with Crippen LogP contribution in [-0.4, -0.2) is 24.6 Å². The highest BCUT2D eigenvalue weighted by Gasteiger charge is 2.05. The summed E-state index contributed by atoms with van der Waals surface area (Å²) in [6.45, 7) is 0.465. The fourth-order valence-corrected chi connectivity index (χ4v) is 1.50. The molecule has 0 fully saturated rings. The number of thiocarbonyl (C=S) groups is 1. The Morgan fingerprint density at radius 2 is 2.18 bits per heavy atom. The Balaban J connectivity index is 2.46. The number of nitrogens with two attached hydrogens (primary N) is 1. The third-order valence-electron chi connectivity index (χ3n) is 2.24. The van der Waals surface area contributed by atoms with E-state index in [1.807, 2.05) is 24.3 Å². The molecule has 1 rings (SSSR count). The summed E-state index contributed by atoms with van der Waals surface area (Å²) < 4.78 is 5.55. The molecule has 0 spiro atoms. The van der Waals surface area contributed by atoms with Crippen LogP contribution in [0.2, 0.25) is 0 Å². The second-order valence-electron chi connectivity index (χ2n) is 3.49. The third kappa shape index (κ3) is 4.40. The van der Waals surface area contributed by atoms with Gasteiger partial charge >= 0.3 is 0 Å². The van der Waals surface area contributed by atoms with Crippen molar-refractivity contribution >= 4 is 23.1 Å². The van der Waals surface area contributed by atoms with E-state index in [1.165, 1.54) is 0 Å². The van der Waals surface area contributed by atoms with E-state index in [9.17, 15) is 4.79 Å². The Morgan fingerprint density at radius 3 is 2.82 bits per heavy atom. The van der Waals surface area contributed by atoms with Crippen LogP contribution in [0.25, 0.3) is 0 Å². The standard InChI is InChI=1S/C12H16N2O2S/c1-14-11(15)7-4-8-16-10-6-3-2-5-9(10)12(13)17/h2-3,5-6H,4,7-8H2,1H3,(H2,13,17)(H,14,15). The van der Waals surface area contributed by atoms with Crippen molar-refractivity contribution in [3.63, 3.8) is 0 Å². The third-order valence-corrected chi connectivity index (χ3v) is 2.46. The Kier molecular flexibility index (Phi) is 5.42. The van der Waals surface area contributed by atoms with Crippen LogP contribution in [0.3, 0.4) is 0 Å². The van der Waals surface area contributed by atoms with Crippen LogP contribution in [0.4, 0.5) is 0 Å². The summed E-state index contributed by atoms with van der Waals surface area (Å²) in [5, 5.41) is 2.56. The van der Waals surface area contributed by atoms with Gasteiger partial charge in [-0.15, -0.1) is 0 Å². The molecular formula is C12H16N2O2S. The second-order valence-corrected chi connectivity index (χ2v) is 3.93. The lowest BCUT2D eigenvalue weighted by Gasteiger charge is -2.09. The molecule has 1 aromatic carbocycles. The van der Waals surface area contributed by atoms with Gasteiger partial charge in [0.15, 0.2) is 0 Å². The molecule has 0 atom stereocenters. The van der Waals surface area contributed by atoms with Gasteiger partial charge in [-0.25, -0.2) is 0 Å². The van der Waals surface area contributed by atoms with E-state index >= 15 is 0 Å². The molecule has 0 saturated heterocycles. The minimum absolute atomic E-state index is 0.0104. The Hall–Kier alpha value is -1.62. The van der Waals surface area contributed by atoms with Gasteiger partial charge in [-0.1, -0.05) is 24.4 Å². The largest absolute Gasteiger partial charge is 0.493 e. The number of rotatable bonds is 6. The van der Waals surface area contributed by atoms with Crippen LogP contribution < -0.4 is 15.8 Å². The molecule has 92 valence electrons. The SMILES string of the molecule is CNC(=O)CCCOc1ccccc1C(N)=S. The molecule has 0 aliphatic rings.